The third kappa shape index (κ3) is 6.01. The molecule has 2 fully saturated rings. The number of aromatic nitrogens is 3. The second kappa shape index (κ2) is 11.0. The van der Waals surface area contributed by atoms with Crippen LogP contribution in [0.5, 0.6) is 5.75 Å². The Labute approximate surface area is 195 Å². The summed E-state index contributed by atoms with van der Waals surface area (Å²) in [5.41, 5.74) is 12.8. The smallest absolute Gasteiger partial charge is 0.236 e. The van der Waals surface area contributed by atoms with Crippen LogP contribution >= 0.6 is 0 Å². The molecule has 2 aliphatic carbocycles. The van der Waals surface area contributed by atoms with Gasteiger partial charge in [0.15, 0.2) is 11.6 Å². The Morgan fingerprint density at radius 2 is 1.76 bits per heavy atom. The third-order valence-corrected chi connectivity index (χ3v) is 6.90. The van der Waals surface area contributed by atoms with E-state index in [1.807, 2.05) is 11.0 Å². The van der Waals surface area contributed by atoms with Gasteiger partial charge in [-0.25, -0.2) is 4.39 Å². The van der Waals surface area contributed by atoms with Gasteiger partial charge >= 0.3 is 0 Å². The summed E-state index contributed by atoms with van der Waals surface area (Å²) in [4.78, 5) is 15.5. The molecule has 8 nitrogen and oxygen atoms in total. The van der Waals surface area contributed by atoms with E-state index in [1.54, 1.807) is 6.07 Å². The van der Waals surface area contributed by atoms with Crippen molar-refractivity contribution in [2.45, 2.75) is 76.3 Å². The number of nitrogen functional groups attached to an aromatic ring is 1. The lowest BCUT2D eigenvalue weighted by atomic mass is 9.86. The fraction of sp³-hybridized carbons (Fsp3) is 0.625. The highest BCUT2D eigenvalue weighted by Crippen LogP contribution is 2.34. The summed E-state index contributed by atoms with van der Waals surface area (Å²) in [6.07, 6.45) is 10.9. The van der Waals surface area contributed by atoms with Gasteiger partial charge in [0.2, 0.25) is 17.8 Å². The molecule has 2 aromatic rings. The van der Waals surface area contributed by atoms with Crippen LogP contribution in [-0.2, 0) is 0 Å². The molecule has 0 amide bonds. The van der Waals surface area contributed by atoms with Gasteiger partial charge in [-0.3, -0.25) is 0 Å². The fourth-order valence-electron chi connectivity index (χ4n) is 5.01. The van der Waals surface area contributed by atoms with Crippen molar-refractivity contribution in [3.8, 4) is 5.75 Å². The second-order valence-corrected chi connectivity index (χ2v) is 9.31. The summed E-state index contributed by atoms with van der Waals surface area (Å²) in [6.45, 7) is 0.774. The highest BCUT2D eigenvalue weighted by atomic mass is 19.1. The van der Waals surface area contributed by atoms with Crippen molar-refractivity contribution in [1.29, 1.82) is 0 Å². The van der Waals surface area contributed by atoms with Crippen LogP contribution in [0.15, 0.2) is 18.2 Å². The predicted octanol–water partition coefficient (Wildman–Crippen LogP) is 4.39. The van der Waals surface area contributed by atoms with Crippen LogP contribution in [0.25, 0.3) is 0 Å². The minimum atomic E-state index is -0.412. The molecule has 9 heteroatoms. The molecular formula is C24H36FN7O. The maximum Gasteiger partial charge on any atom is 0.236 e. The molecule has 0 spiro atoms. The molecule has 33 heavy (non-hydrogen) atoms. The average Bonchev–Trinajstić information content (AvgIpc) is 3.08. The Morgan fingerprint density at radius 1 is 1.03 bits per heavy atom. The number of nitrogens with one attached hydrogen (secondary N) is 1. The van der Waals surface area contributed by atoms with Crippen molar-refractivity contribution in [3.05, 3.63) is 24.0 Å². The Hall–Kier alpha value is -2.68. The molecule has 4 rings (SSSR count). The zero-order chi connectivity index (χ0) is 23.2. The number of hydrogen-bond donors (Lipinski definition) is 3. The molecule has 1 aromatic carbocycles. The van der Waals surface area contributed by atoms with Gasteiger partial charge in [0.05, 0.1) is 7.11 Å². The van der Waals surface area contributed by atoms with Crippen molar-refractivity contribution >= 4 is 23.5 Å². The fourth-order valence-corrected chi connectivity index (χ4v) is 5.01. The minimum absolute atomic E-state index is 0.153. The number of anilines is 4. The Morgan fingerprint density at radius 3 is 2.42 bits per heavy atom. The average molecular weight is 458 g/mol. The van der Waals surface area contributed by atoms with Crippen LogP contribution in [-0.4, -0.2) is 40.7 Å². The Bertz CT molecular complexity index is 912. The molecule has 0 radical (unpaired) electrons. The maximum atomic E-state index is 14.6. The summed E-state index contributed by atoms with van der Waals surface area (Å²) in [6, 6.07) is 5.47. The molecule has 1 aromatic heterocycles. The highest BCUT2D eigenvalue weighted by Gasteiger charge is 2.26. The van der Waals surface area contributed by atoms with Gasteiger partial charge in [0.25, 0.3) is 0 Å². The van der Waals surface area contributed by atoms with Gasteiger partial charge in [0.1, 0.15) is 0 Å². The summed E-state index contributed by atoms with van der Waals surface area (Å²) in [5.74, 6) is 1.40. The van der Waals surface area contributed by atoms with Crippen molar-refractivity contribution in [2.75, 3.05) is 29.6 Å². The number of methoxy groups -OCH3 is 1. The number of rotatable bonds is 7. The van der Waals surface area contributed by atoms with Crippen LogP contribution in [0.3, 0.4) is 0 Å². The van der Waals surface area contributed by atoms with Crippen molar-refractivity contribution < 1.29 is 9.13 Å². The molecule has 0 aliphatic heterocycles. The van der Waals surface area contributed by atoms with Gasteiger partial charge in [-0.05, 0) is 56.6 Å². The number of halogens is 1. The van der Waals surface area contributed by atoms with E-state index in [0.717, 1.165) is 57.9 Å². The normalized spacial score (nSPS) is 21.9. The van der Waals surface area contributed by atoms with E-state index in [-0.39, 0.29) is 17.7 Å². The van der Waals surface area contributed by atoms with Crippen molar-refractivity contribution in [2.24, 2.45) is 11.7 Å². The minimum Gasteiger partial charge on any atom is -0.494 e. The molecule has 1 heterocycles. The molecule has 5 N–H and O–H groups in total. The lowest BCUT2D eigenvalue weighted by molar-refractivity contribution is 0.338. The number of nitrogens with two attached hydrogens (primary N) is 2. The monoisotopic (exact) mass is 457 g/mol. The highest BCUT2D eigenvalue weighted by molar-refractivity contribution is 5.61. The van der Waals surface area contributed by atoms with E-state index in [2.05, 4.69) is 15.3 Å². The van der Waals surface area contributed by atoms with E-state index in [9.17, 15) is 4.39 Å². The van der Waals surface area contributed by atoms with E-state index in [1.165, 1.54) is 26.0 Å². The molecule has 0 atom stereocenters. The maximum absolute atomic E-state index is 14.6. The molecule has 0 unspecified atom stereocenters. The molecule has 2 saturated carbocycles. The van der Waals surface area contributed by atoms with Crippen LogP contribution in [0.2, 0.25) is 0 Å². The van der Waals surface area contributed by atoms with Crippen LogP contribution in [0.1, 0.15) is 64.2 Å². The number of hydrogen-bond acceptors (Lipinski definition) is 8. The molecule has 2 aliphatic rings. The van der Waals surface area contributed by atoms with Crippen molar-refractivity contribution in [1.82, 2.24) is 15.0 Å². The van der Waals surface area contributed by atoms with E-state index >= 15 is 0 Å². The van der Waals surface area contributed by atoms with E-state index < -0.39 is 5.82 Å². The topological polar surface area (TPSA) is 115 Å². The Balaban J connectivity index is 1.61. The van der Waals surface area contributed by atoms with Gasteiger partial charge in [-0.15, -0.1) is 0 Å². The lowest BCUT2D eigenvalue weighted by Gasteiger charge is -2.32. The third-order valence-electron chi connectivity index (χ3n) is 6.90. The number of nitrogens with zero attached hydrogens (tertiary/aromatic N) is 4. The molecule has 0 bridgehead atoms. The molecule has 180 valence electrons. The summed E-state index contributed by atoms with van der Waals surface area (Å²) in [5, 5.41) is 3.36. The quantitative estimate of drug-likeness (QED) is 0.524. The van der Waals surface area contributed by atoms with Gasteiger partial charge < -0.3 is 26.4 Å². The Kier molecular flexibility index (Phi) is 7.80. The predicted molar refractivity (Wildman–Crippen MR) is 129 cm³/mol. The first kappa shape index (κ1) is 23.5. The summed E-state index contributed by atoms with van der Waals surface area (Å²) in [7, 11) is 1.46. The van der Waals surface area contributed by atoms with E-state index in [0.29, 0.717) is 29.5 Å². The second-order valence-electron chi connectivity index (χ2n) is 9.31. The number of ether oxygens (including phenoxy) is 1. The first-order valence-electron chi connectivity index (χ1n) is 12.2. The van der Waals surface area contributed by atoms with Gasteiger partial charge in [-0.1, -0.05) is 25.7 Å². The largest absolute Gasteiger partial charge is 0.494 e. The standard InChI is InChI=1S/C24H36FN7O/c1-33-21-13-12-19(14-20(21)25)32(18-6-4-2-3-5-7-18)24-30-22(27)29-23(31-24)28-15-16-8-10-17(26)11-9-16/h12-14,16-18H,2-11,15,26H2,1H3,(H3,27,28,29,30,31). The van der Waals surface area contributed by atoms with Crippen LogP contribution < -0.4 is 26.4 Å². The summed E-state index contributed by atoms with van der Waals surface area (Å²) < 4.78 is 19.7. The SMILES string of the molecule is COc1ccc(N(c2nc(N)nc(NCC3CCC(N)CC3)n2)C2CCCCCC2)cc1F. The summed E-state index contributed by atoms with van der Waals surface area (Å²) >= 11 is 0. The first-order chi connectivity index (χ1) is 16.0. The number of benzene rings is 1. The lowest BCUT2D eigenvalue weighted by Crippen LogP contribution is -2.33. The van der Waals surface area contributed by atoms with Crippen LogP contribution in [0, 0.1) is 11.7 Å². The van der Waals surface area contributed by atoms with Crippen LogP contribution in [0.4, 0.5) is 27.9 Å². The van der Waals surface area contributed by atoms with E-state index in [4.69, 9.17) is 21.2 Å². The molecule has 0 saturated heterocycles. The molecular weight excluding hydrogens is 421 g/mol. The first-order valence-corrected chi connectivity index (χ1v) is 12.2. The van der Waals surface area contributed by atoms with Gasteiger partial charge in [0, 0.05) is 30.4 Å². The zero-order valence-electron chi connectivity index (χ0n) is 19.5. The zero-order valence-corrected chi connectivity index (χ0v) is 19.5. The van der Waals surface area contributed by atoms with Crippen molar-refractivity contribution in [3.63, 3.8) is 0 Å². The van der Waals surface area contributed by atoms with Gasteiger partial charge in [-0.2, -0.15) is 15.0 Å².